The van der Waals surface area contributed by atoms with Gasteiger partial charge in [0.2, 0.25) is 0 Å². The number of aryl methyl sites for hydroxylation is 1. The number of ether oxygens (including phenoxy) is 1. The van der Waals surface area contributed by atoms with Crippen molar-refractivity contribution in [3.8, 4) is 28.3 Å². The summed E-state index contributed by atoms with van der Waals surface area (Å²) in [5.74, 6) is 1.08. The largest absolute Gasteiger partial charge is 0.483 e. The molecule has 1 aromatic heterocycles. The third-order valence-electron chi connectivity index (χ3n) is 6.82. The smallest absolute Gasteiger partial charge is 0.323 e. The number of tetrazole rings is 1. The van der Waals surface area contributed by atoms with Crippen molar-refractivity contribution in [3.63, 3.8) is 0 Å². The van der Waals surface area contributed by atoms with Crippen LogP contribution in [0.15, 0.2) is 104 Å². The number of carbonyl (C=O) groups excluding carboxylic acids is 1. The van der Waals surface area contributed by atoms with Gasteiger partial charge in [-0.2, -0.15) is 0 Å². The van der Waals surface area contributed by atoms with E-state index in [-0.39, 0.29) is 18.1 Å². The lowest BCUT2D eigenvalue weighted by Crippen LogP contribution is -2.20. The van der Waals surface area contributed by atoms with Crippen LogP contribution in [-0.2, 0) is 0 Å². The molecule has 3 N–H and O–H groups in total. The lowest BCUT2D eigenvalue weighted by molar-refractivity contribution is 0.260. The van der Waals surface area contributed by atoms with Crippen LogP contribution >= 0.6 is 0 Å². The number of hydrogen-bond donors (Lipinski definition) is 3. The van der Waals surface area contributed by atoms with Gasteiger partial charge in [-0.15, -0.1) is 5.10 Å². The van der Waals surface area contributed by atoms with E-state index in [1.807, 2.05) is 85.8 Å². The van der Waals surface area contributed by atoms with Gasteiger partial charge in [0.1, 0.15) is 11.9 Å². The van der Waals surface area contributed by atoms with Crippen LogP contribution in [0.2, 0.25) is 0 Å². The van der Waals surface area contributed by atoms with Gasteiger partial charge in [0, 0.05) is 16.8 Å². The third kappa shape index (κ3) is 4.75. The number of fused-ring (bicyclic) bond motifs is 1. The zero-order valence-electron chi connectivity index (χ0n) is 21.3. The summed E-state index contributed by atoms with van der Waals surface area (Å²) >= 11 is 0. The Bertz CT molecular complexity index is 1630. The molecule has 0 fully saturated rings. The van der Waals surface area contributed by atoms with E-state index in [0.717, 1.165) is 33.4 Å². The Labute approximate surface area is 225 Å². The quantitative estimate of drug-likeness (QED) is 0.223. The summed E-state index contributed by atoms with van der Waals surface area (Å²) in [6.45, 7) is 6.03. The molecule has 2 heterocycles. The molecule has 2 unspecified atom stereocenters. The van der Waals surface area contributed by atoms with Crippen LogP contribution in [0.5, 0.6) is 5.75 Å². The van der Waals surface area contributed by atoms with Crippen LogP contribution in [0, 0.1) is 6.92 Å². The summed E-state index contributed by atoms with van der Waals surface area (Å²) < 4.78 is 6.42. The zero-order chi connectivity index (χ0) is 26.8. The predicted molar refractivity (Wildman–Crippen MR) is 152 cm³/mol. The molecular weight excluding hydrogens is 488 g/mol. The van der Waals surface area contributed by atoms with Crippen molar-refractivity contribution < 1.29 is 9.53 Å². The average molecular weight is 515 g/mol. The van der Waals surface area contributed by atoms with Crippen molar-refractivity contribution in [2.75, 3.05) is 10.6 Å². The van der Waals surface area contributed by atoms with E-state index in [2.05, 4.69) is 56.0 Å². The summed E-state index contributed by atoms with van der Waals surface area (Å²) in [5, 5.41) is 20.4. The van der Waals surface area contributed by atoms with E-state index in [0.29, 0.717) is 22.9 Å². The minimum absolute atomic E-state index is 0.0986. The number of nitrogens with one attached hydrogen (secondary N) is 3. The van der Waals surface area contributed by atoms with Gasteiger partial charge in [-0.3, -0.25) is 0 Å². The molecule has 39 heavy (non-hydrogen) atoms. The lowest BCUT2D eigenvalue weighted by Gasteiger charge is -2.17. The first-order chi connectivity index (χ1) is 19.1. The van der Waals surface area contributed by atoms with Gasteiger partial charge in [-0.25, -0.2) is 9.89 Å². The van der Waals surface area contributed by atoms with E-state index in [1.165, 1.54) is 0 Å². The van der Waals surface area contributed by atoms with E-state index in [4.69, 9.17) is 4.74 Å². The number of rotatable bonds is 6. The van der Waals surface area contributed by atoms with Crippen LogP contribution in [0.3, 0.4) is 0 Å². The van der Waals surface area contributed by atoms with Crippen molar-refractivity contribution in [2.24, 2.45) is 0 Å². The van der Waals surface area contributed by atoms with Gasteiger partial charge in [-0.05, 0) is 58.3 Å². The fourth-order valence-corrected chi connectivity index (χ4v) is 4.99. The summed E-state index contributed by atoms with van der Waals surface area (Å²) in [5.41, 5.74) is 7.07. The maximum atomic E-state index is 13.1. The molecule has 2 amide bonds. The standard InChI is InChI=1S/C31H26N6O2/c1-3-27-28(20-9-5-4-6-10-20)25-17-21(23-11-7-8-12-24(23)30-34-36-37-35-30)18-26(29(25)39-27)33-31(38)32-22-15-13-19(2)14-16-22/h3-18,27-28H,1H2,2H3,(H2,32,33,38)(H,34,35,36,37). The van der Waals surface area contributed by atoms with Gasteiger partial charge in [0.15, 0.2) is 5.82 Å². The molecule has 4 aromatic carbocycles. The molecule has 5 aromatic rings. The normalized spacial score (nSPS) is 15.7. The Kier molecular flexibility index (Phi) is 6.34. The number of anilines is 2. The van der Waals surface area contributed by atoms with Crippen molar-refractivity contribution in [1.29, 1.82) is 0 Å². The number of amides is 2. The third-order valence-corrected chi connectivity index (χ3v) is 6.82. The van der Waals surface area contributed by atoms with Gasteiger partial charge in [0.25, 0.3) is 0 Å². The highest BCUT2D eigenvalue weighted by Crippen LogP contribution is 2.49. The molecule has 1 aliphatic heterocycles. The zero-order valence-corrected chi connectivity index (χ0v) is 21.3. The first kappa shape index (κ1) is 24.1. The van der Waals surface area contributed by atoms with Gasteiger partial charge in [0.05, 0.1) is 11.6 Å². The Balaban J connectivity index is 1.47. The van der Waals surface area contributed by atoms with E-state index in [9.17, 15) is 4.79 Å². The van der Waals surface area contributed by atoms with Gasteiger partial charge >= 0.3 is 6.03 Å². The van der Waals surface area contributed by atoms with Crippen LogP contribution < -0.4 is 15.4 Å². The molecule has 2 atom stereocenters. The number of nitrogens with zero attached hydrogens (tertiary/aromatic N) is 3. The maximum Gasteiger partial charge on any atom is 0.323 e. The number of hydrogen-bond acceptors (Lipinski definition) is 5. The topological polar surface area (TPSA) is 105 Å². The summed E-state index contributed by atoms with van der Waals surface area (Å²) in [7, 11) is 0. The number of H-pyrrole nitrogens is 1. The number of carbonyl (C=O) groups is 1. The Morgan fingerprint density at radius 2 is 1.69 bits per heavy atom. The number of aromatic amines is 1. The van der Waals surface area contributed by atoms with E-state index < -0.39 is 0 Å². The molecule has 8 nitrogen and oxygen atoms in total. The lowest BCUT2D eigenvalue weighted by atomic mass is 9.86. The van der Waals surface area contributed by atoms with E-state index in [1.54, 1.807) is 0 Å². The number of benzene rings is 4. The molecule has 8 heteroatoms. The SMILES string of the molecule is C=CC1Oc2c(NC(=O)Nc3ccc(C)cc3)cc(-c3ccccc3-c3nnn[nH]3)cc2C1c1ccccc1. The highest BCUT2D eigenvalue weighted by molar-refractivity contribution is 6.02. The highest BCUT2D eigenvalue weighted by atomic mass is 16.5. The van der Waals surface area contributed by atoms with Crippen LogP contribution in [0.4, 0.5) is 16.2 Å². The second kappa shape index (κ2) is 10.3. The second-order valence-electron chi connectivity index (χ2n) is 9.39. The fourth-order valence-electron chi connectivity index (χ4n) is 4.99. The number of urea groups is 1. The Morgan fingerprint density at radius 3 is 2.41 bits per heavy atom. The summed E-state index contributed by atoms with van der Waals surface area (Å²) in [4.78, 5) is 13.1. The Morgan fingerprint density at radius 1 is 0.949 bits per heavy atom. The molecule has 1 aliphatic rings. The molecule has 0 saturated carbocycles. The summed E-state index contributed by atoms with van der Waals surface area (Å²) in [6, 6.07) is 29.3. The fraction of sp³-hybridized carbons (Fsp3) is 0.0968. The highest BCUT2D eigenvalue weighted by Gasteiger charge is 2.36. The molecule has 6 rings (SSSR count). The molecule has 0 bridgehead atoms. The predicted octanol–water partition coefficient (Wildman–Crippen LogP) is 6.57. The van der Waals surface area contributed by atoms with Crippen molar-refractivity contribution in [3.05, 3.63) is 120 Å². The minimum atomic E-state index is -0.368. The first-order valence-electron chi connectivity index (χ1n) is 12.6. The monoisotopic (exact) mass is 514 g/mol. The van der Waals surface area contributed by atoms with Crippen molar-refractivity contribution in [1.82, 2.24) is 20.6 Å². The van der Waals surface area contributed by atoms with Gasteiger partial charge in [-0.1, -0.05) is 84.9 Å². The van der Waals surface area contributed by atoms with Crippen LogP contribution in [0.25, 0.3) is 22.5 Å². The molecule has 0 aliphatic carbocycles. The Hall–Kier alpha value is -5.24. The molecule has 0 spiro atoms. The number of aromatic nitrogens is 4. The van der Waals surface area contributed by atoms with Crippen LogP contribution in [0.1, 0.15) is 22.6 Å². The van der Waals surface area contributed by atoms with E-state index >= 15 is 0 Å². The maximum absolute atomic E-state index is 13.1. The molecular formula is C31H26N6O2. The molecule has 0 saturated heterocycles. The first-order valence-corrected chi connectivity index (χ1v) is 12.6. The van der Waals surface area contributed by atoms with Gasteiger partial charge < -0.3 is 15.4 Å². The molecule has 0 radical (unpaired) electrons. The van der Waals surface area contributed by atoms with Crippen molar-refractivity contribution >= 4 is 17.4 Å². The average Bonchev–Trinajstić information content (AvgIpc) is 3.63. The minimum Gasteiger partial charge on any atom is -0.483 e. The summed E-state index contributed by atoms with van der Waals surface area (Å²) in [6.07, 6.45) is 1.51. The van der Waals surface area contributed by atoms with Crippen LogP contribution in [-0.4, -0.2) is 32.8 Å². The van der Waals surface area contributed by atoms with Crippen molar-refractivity contribution in [2.45, 2.75) is 18.9 Å². The second-order valence-corrected chi connectivity index (χ2v) is 9.39. The molecule has 192 valence electrons.